The van der Waals surface area contributed by atoms with Gasteiger partial charge in [-0.15, -0.1) is 0 Å². The molecule has 2 aromatic carbocycles. The second kappa shape index (κ2) is 8.73. The van der Waals surface area contributed by atoms with Crippen LogP contribution in [0.3, 0.4) is 0 Å². The second-order valence-electron chi connectivity index (χ2n) is 5.53. The number of nitrogens with one attached hydrogen (secondary N) is 1. The van der Waals surface area contributed by atoms with Crippen molar-refractivity contribution in [3.63, 3.8) is 0 Å². The molecule has 0 bridgehead atoms. The summed E-state index contributed by atoms with van der Waals surface area (Å²) in [7, 11) is 0. The number of anilines is 1. The lowest BCUT2D eigenvalue weighted by Crippen LogP contribution is -2.07. The van der Waals surface area contributed by atoms with Crippen LogP contribution in [0.15, 0.2) is 47.6 Å². The SMILES string of the molecule is CCOc1cc(/C=N/Nc2ccccc2C(=O)O)ccc1OC(C)C. The highest BCUT2D eigenvalue weighted by Gasteiger charge is 2.09. The molecule has 0 spiro atoms. The zero-order chi connectivity index (χ0) is 18.2. The van der Waals surface area contributed by atoms with Crippen LogP contribution in [-0.4, -0.2) is 30.0 Å². The maximum absolute atomic E-state index is 11.2. The van der Waals surface area contributed by atoms with Crippen LogP contribution in [0.1, 0.15) is 36.7 Å². The van der Waals surface area contributed by atoms with Gasteiger partial charge in [0, 0.05) is 0 Å². The quantitative estimate of drug-likeness (QED) is 0.559. The van der Waals surface area contributed by atoms with Crippen LogP contribution < -0.4 is 14.9 Å². The molecular weight excluding hydrogens is 320 g/mol. The summed E-state index contributed by atoms with van der Waals surface area (Å²) in [6.07, 6.45) is 1.65. The number of ether oxygens (including phenoxy) is 2. The van der Waals surface area contributed by atoms with Gasteiger partial charge < -0.3 is 14.6 Å². The van der Waals surface area contributed by atoms with Crippen LogP contribution in [0.25, 0.3) is 0 Å². The molecule has 0 aliphatic rings. The van der Waals surface area contributed by atoms with Gasteiger partial charge in [-0.05, 0) is 56.7 Å². The average Bonchev–Trinajstić information content (AvgIpc) is 2.57. The predicted octanol–water partition coefficient (Wildman–Crippen LogP) is 4.02. The Hall–Kier alpha value is -3.02. The van der Waals surface area contributed by atoms with Gasteiger partial charge in [0.25, 0.3) is 0 Å². The normalized spacial score (nSPS) is 10.9. The molecule has 0 aromatic heterocycles. The number of carboxylic acids is 1. The summed E-state index contributed by atoms with van der Waals surface area (Å²) < 4.78 is 11.3. The molecule has 0 heterocycles. The van der Waals surface area contributed by atoms with Crippen molar-refractivity contribution in [2.45, 2.75) is 26.9 Å². The minimum absolute atomic E-state index is 0.0490. The number of para-hydroxylation sites is 1. The molecule has 2 rings (SSSR count). The molecule has 0 radical (unpaired) electrons. The highest BCUT2D eigenvalue weighted by Crippen LogP contribution is 2.29. The minimum Gasteiger partial charge on any atom is -0.490 e. The summed E-state index contributed by atoms with van der Waals surface area (Å²) in [5.74, 6) is 0.316. The highest BCUT2D eigenvalue weighted by atomic mass is 16.5. The Kier molecular flexibility index (Phi) is 6.39. The van der Waals surface area contributed by atoms with E-state index in [1.54, 1.807) is 24.4 Å². The summed E-state index contributed by atoms with van der Waals surface area (Å²) in [4.78, 5) is 11.2. The monoisotopic (exact) mass is 342 g/mol. The first kappa shape index (κ1) is 18.3. The van der Waals surface area contributed by atoms with Gasteiger partial charge >= 0.3 is 5.97 Å². The van der Waals surface area contributed by atoms with Crippen molar-refractivity contribution in [3.05, 3.63) is 53.6 Å². The number of carboxylic acid groups (broad SMARTS) is 1. The first-order chi connectivity index (χ1) is 12.0. The smallest absolute Gasteiger partial charge is 0.337 e. The molecule has 6 nitrogen and oxygen atoms in total. The summed E-state index contributed by atoms with van der Waals surface area (Å²) in [5.41, 5.74) is 4.15. The first-order valence-corrected chi connectivity index (χ1v) is 8.06. The van der Waals surface area contributed by atoms with E-state index in [2.05, 4.69) is 10.5 Å². The Morgan fingerprint density at radius 3 is 2.68 bits per heavy atom. The third-order valence-corrected chi connectivity index (χ3v) is 3.19. The Morgan fingerprint density at radius 1 is 1.24 bits per heavy atom. The lowest BCUT2D eigenvalue weighted by molar-refractivity contribution is 0.0698. The average molecular weight is 342 g/mol. The van der Waals surface area contributed by atoms with E-state index in [0.29, 0.717) is 23.8 Å². The van der Waals surface area contributed by atoms with Gasteiger partial charge in [-0.3, -0.25) is 5.43 Å². The van der Waals surface area contributed by atoms with Crippen molar-refractivity contribution in [2.75, 3.05) is 12.0 Å². The molecule has 0 aliphatic carbocycles. The van der Waals surface area contributed by atoms with E-state index in [1.165, 1.54) is 6.07 Å². The maximum atomic E-state index is 11.2. The Balaban J connectivity index is 2.16. The maximum Gasteiger partial charge on any atom is 0.337 e. The molecule has 0 atom stereocenters. The van der Waals surface area contributed by atoms with Gasteiger partial charge in [0.2, 0.25) is 0 Å². The van der Waals surface area contributed by atoms with E-state index in [4.69, 9.17) is 14.6 Å². The molecule has 0 saturated heterocycles. The van der Waals surface area contributed by atoms with Crippen LogP contribution in [0.4, 0.5) is 5.69 Å². The van der Waals surface area contributed by atoms with Crippen molar-refractivity contribution in [1.29, 1.82) is 0 Å². The Morgan fingerprint density at radius 2 is 2.00 bits per heavy atom. The van der Waals surface area contributed by atoms with Crippen molar-refractivity contribution in [1.82, 2.24) is 0 Å². The number of aromatic carboxylic acids is 1. The molecule has 2 aromatic rings. The minimum atomic E-state index is -1.01. The third kappa shape index (κ3) is 5.24. The topological polar surface area (TPSA) is 80.2 Å². The molecule has 25 heavy (non-hydrogen) atoms. The molecule has 2 N–H and O–H groups in total. The fraction of sp³-hybridized carbons (Fsp3) is 0.263. The number of hydrogen-bond acceptors (Lipinski definition) is 5. The Bertz CT molecular complexity index is 757. The van der Waals surface area contributed by atoms with Crippen molar-refractivity contribution in [3.8, 4) is 11.5 Å². The number of nitrogens with zero attached hydrogens (tertiary/aromatic N) is 1. The van der Waals surface area contributed by atoms with Gasteiger partial charge in [0.1, 0.15) is 0 Å². The molecule has 0 saturated carbocycles. The van der Waals surface area contributed by atoms with E-state index in [0.717, 1.165) is 5.56 Å². The van der Waals surface area contributed by atoms with E-state index in [9.17, 15) is 4.79 Å². The van der Waals surface area contributed by atoms with Gasteiger partial charge in [0.05, 0.1) is 30.2 Å². The summed E-state index contributed by atoms with van der Waals surface area (Å²) in [6, 6.07) is 12.1. The summed E-state index contributed by atoms with van der Waals surface area (Å²) in [5, 5.41) is 13.3. The Labute approximate surface area is 147 Å². The zero-order valence-electron chi connectivity index (χ0n) is 14.5. The molecule has 0 aliphatic heterocycles. The lowest BCUT2D eigenvalue weighted by atomic mass is 10.2. The fourth-order valence-electron chi connectivity index (χ4n) is 2.17. The number of hydrazone groups is 1. The summed E-state index contributed by atoms with van der Waals surface area (Å²) in [6.45, 7) is 6.34. The van der Waals surface area contributed by atoms with E-state index >= 15 is 0 Å². The van der Waals surface area contributed by atoms with Gasteiger partial charge in [-0.1, -0.05) is 12.1 Å². The second-order valence-corrected chi connectivity index (χ2v) is 5.53. The van der Waals surface area contributed by atoms with Crippen molar-refractivity contribution >= 4 is 17.9 Å². The highest BCUT2D eigenvalue weighted by molar-refractivity contribution is 5.94. The summed E-state index contributed by atoms with van der Waals surface area (Å²) >= 11 is 0. The number of benzene rings is 2. The molecule has 6 heteroatoms. The molecule has 0 fully saturated rings. The molecule has 0 unspecified atom stereocenters. The van der Waals surface area contributed by atoms with Crippen LogP contribution in [0, 0.1) is 0 Å². The van der Waals surface area contributed by atoms with Crippen LogP contribution in [-0.2, 0) is 0 Å². The first-order valence-electron chi connectivity index (χ1n) is 8.06. The largest absolute Gasteiger partial charge is 0.490 e. The van der Waals surface area contributed by atoms with E-state index in [-0.39, 0.29) is 11.7 Å². The lowest BCUT2D eigenvalue weighted by Gasteiger charge is -2.14. The van der Waals surface area contributed by atoms with Crippen molar-refractivity contribution < 1.29 is 19.4 Å². The van der Waals surface area contributed by atoms with Gasteiger partial charge in [-0.2, -0.15) is 5.10 Å². The van der Waals surface area contributed by atoms with E-state index in [1.807, 2.05) is 39.0 Å². The van der Waals surface area contributed by atoms with Gasteiger partial charge in [0.15, 0.2) is 11.5 Å². The van der Waals surface area contributed by atoms with Crippen LogP contribution in [0.2, 0.25) is 0 Å². The fourth-order valence-corrected chi connectivity index (χ4v) is 2.17. The zero-order valence-corrected chi connectivity index (χ0v) is 14.5. The predicted molar refractivity (Wildman–Crippen MR) is 98.0 cm³/mol. The molecule has 132 valence electrons. The molecular formula is C19H22N2O4. The third-order valence-electron chi connectivity index (χ3n) is 3.19. The van der Waals surface area contributed by atoms with Crippen LogP contribution in [0.5, 0.6) is 11.5 Å². The van der Waals surface area contributed by atoms with Crippen LogP contribution >= 0.6 is 0 Å². The molecule has 0 amide bonds. The van der Waals surface area contributed by atoms with E-state index < -0.39 is 5.97 Å². The number of rotatable bonds is 8. The number of hydrogen-bond donors (Lipinski definition) is 2. The standard InChI is InChI=1S/C19H22N2O4/c1-4-24-18-11-14(9-10-17(18)25-13(2)3)12-20-21-16-8-6-5-7-15(16)19(22)23/h5-13,21H,4H2,1-3H3,(H,22,23)/b20-12+. The van der Waals surface area contributed by atoms with Gasteiger partial charge in [-0.25, -0.2) is 4.79 Å². The van der Waals surface area contributed by atoms with Crippen molar-refractivity contribution in [2.24, 2.45) is 5.10 Å². The number of carbonyl (C=O) groups is 1.